The number of sulfonamides is 1. The zero-order chi connectivity index (χ0) is 56.2. The SMILES string of the molecule is COc1ccc(CN2CCN(C3CC4(CCN(c5ccc(C(=O)NS(=O)(=O)c6ccc(NCC7CCC(C)(O)CC7)c([N+](=O)[O-])c6)c(N6c7cc8cc[nH]c8nc7O[C@H]7COCC[C@@H]76)c5)CC4)C3)[C@H](c3ccccc3C(C)C)C2)cc1. The molecule has 3 saturated heterocycles. The molecule has 428 valence electrons. The first-order chi connectivity index (χ1) is 39.0. The van der Waals surface area contributed by atoms with E-state index >= 15 is 0 Å². The Balaban J connectivity index is 0.798. The number of anilines is 4. The summed E-state index contributed by atoms with van der Waals surface area (Å²) in [6.45, 7) is 13.1. The smallest absolute Gasteiger partial charge is 0.293 e. The van der Waals surface area contributed by atoms with Crippen LogP contribution >= 0.6 is 0 Å². The van der Waals surface area contributed by atoms with E-state index in [0.29, 0.717) is 73.9 Å². The van der Waals surface area contributed by atoms with Gasteiger partial charge in [0, 0.05) is 87.8 Å². The van der Waals surface area contributed by atoms with Gasteiger partial charge in [0.05, 0.1) is 46.4 Å². The van der Waals surface area contributed by atoms with Crippen LogP contribution in [-0.2, 0) is 21.3 Å². The minimum atomic E-state index is -4.64. The van der Waals surface area contributed by atoms with Gasteiger partial charge in [0.1, 0.15) is 28.9 Å². The number of pyridine rings is 1. The summed E-state index contributed by atoms with van der Waals surface area (Å²) in [4.78, 5) is 44.2. The highest BCUT2D eigenvalue weighted by molar-refractivity contribution is 7.90. The number of hydrogen-bond donors (Lipinski definition) is 4. The lowest BCUT2D eigenvalue weighted by atomic mass is 9.59. The number of nitro groups is 1. The number of carbonyl (C=O) groups excluding carboxylic acids is 1. The van der Waals surface area contributed by atoms with Crippen LogP contribution in [0, 0.1) is 21.4 Å². The predicted molar refractivity (Wildman–Crippen MR) is 312 cm³/mol. The number of nitrogens with zero attached hydrogens (tertiary/aromatic N) is 6. The van der Waals surface area contributed by atoms with E-state index in [2.05, 4.69) is 84.9 Å². The lowest BCUT2D eigenvalue weighted by Gasteiger charge is -2.58. The van der Waals surface area contributed by atoms with Crippen molar-refractivity contribution in [2.45, 2.75) is 126 Å². The van der Waals surface area contributed by atoms with E-state index in [0.717, 1.165) is 101 Å². The number of nitrogens with one attached hydrogen (secondary N) is 3. The van der Waals surface area contributed by atoms with Crippen molar-refractivity contribution in [3.63, 3.8) is 0 Å². The Hall–Kier alpha value is -6.77. The fraction of sp³-hybridized carbons (Fsp3) is 0.484. The van der Waals surface area contributed by atoms with E-state index in [4.69, 9.17) is 19.2 Å². The van der Waals surface area contributed by atoms with Crippen LogP contribution in [0.5, 0.6) is 11.6 Å². The third-order valence-electron chi connectivity index (χ3n) is 18.6. The summed E-state index contributed by atoms with van der Waals surface area (Å²) in [6, 6.07) is 31.1. The van der Waals surface area contributed by atoms with Gasteiger partial charge in [-0.05, 0) is 153 Å². The van der Waals surface area contributed by atoms with Gasteiger partial charge in [0.25, 0.3) is 21.6 Å². The summed E-state index contributed by atoms with van der Waals surface area (Å²) in [6.07, 6.45) is 9.05. The standard InChI is InChI=1S/C62H75N9O9S/c1-40(2)48-7-5-6-8-49(48)56-38-67(37-42-9-12-46(78-4)13-10-42)28-29-69(56)45-34-62(35-45)23-26-68(27-24-62)44-11-15-50(53(32-44)70-52-20-30-79-39-57(52)80-60-55(70)31-43-19-25-63-58(43)65-60)59(72)66-81(76,77)47-14-16-51(54(33-47)71(74)75)64-36-41-17-21-61(3,73)22-18-41/h5-16,19,25,31-33,40-41,45,52,56-57,64,73H,17-18,20-24,26-30,34-39H2,1-4H3,(H,63,65)(H,66,72)/t41?,52-,56-,57-,61?/m0/s1. The zero-order valence-corrected chi connectivity index (χ0v) is 47.6. The number of benzene rings is 4. The second kappa shape index (κ2) is 22.2. The third-order valence-corrected chi connectivity index (χ3v) is 19.9. The quantitative estimate of drug-likeness (QED) is 0.0557. The van der Waals surface area contributed by atoms with Gasteiger partial charge in [-0.2, -0.15) is 4.98 Å². The van der Waals surface area contributed by atoms with Gasteiger partial charge in [-0.3, -0.25) is 24.7 Å². The van der Waals surface area contributed by atoms with Crippen molar-refractivity contribution in [3.8, 4) is 11.6 Å². The summed E-state index contributed by atoms with van der Waals surface area (Å²) in [5, 5.41) is 26.9. The fourth-order valence-corrected chi connectivity index (χ4v) is 14.9. The van der Waals surface area contributed by atoms with Crippen molar-refractivity contribution in [2.75, 3.05) is 74.7 Å². The number of methoxy groups -OCH3 is 1. The molecule has 0 bridgehead atoms. The van der Waals surface area contributed by atoms with Gasteiger partial charge in [-0.1, -0.05) is 50.2 Å². The van der Waals surface area contributed by atoms with E-state index in [1.807, 2.05) is 49.5 Å². The van der Waals surface area contributed by atoms with E-state index < -0.39 is 43.1 Å². The largest absolute Gasteiger partial charge is 0.497 e. The van der Waals surface area contributed by atoms with Gasteiger partial charge in [0.15, 0.2) is 0 Å². The molecule has 6 aromatic rings. The van der Waals surface area contributed by atoms with Crippen LogP contribution in [0.4, 0.5) is 28.4 Å². The molecular formula is C62H75N9O9S. The molecule has 0 radical (unpaired) electrons. The second-order valence-electron chi connectivity index (χ2n) is 24.2. The number of ether oxygens (including phenoxy) is 3. The van der Waals surface area contributed by atoms with E-state index in [9.17, 15) is 28.4 Å². The monoisotopic (exact) mass is 1120 g/mol. The Kier molecular flexibility index (Phi) is 15.0. The van der Waals surface area contributed by atoms with Crippen LogP contribution in [-0.4, -0.2) is 128 Å². The van der Waals surface area contributed by atoms with Crippen molar-refractivity contribution in [1.29, 1.82) is 0 Å². The fourth-order valence-electron chi connectivity index (χ4n) is 13.9. The summed E-state index contributed by atoms with van der Waals surface area (Å²) < 4.78 is 48.8. The van der Waals surface area contributed by atoms with Crippen molar-refractivity contribution in [1.82, 2.24) is 24.5 Å². The number of piperazine rings is 1. The second-order valence-corrected chi connectivity index (χ2v) is 25.9. The number of nitro benzene ring substituents is 1. The number of piperidine rings is 1. The molecule has 4 aliphatic heterocycles. The zero-order valence-electron chi connectivity index (χ0n) is 46.8. The predicted octanol–water partition coefficient (Wildman–Crippen LogP) is 10.1. The first-order valence-corrected chi connectivity index (χ1v) is 30.4. The van der Waals surface area contributed by atoms with Crippen molar-refractivity contribution in [2.24, 2.45) is 11.3 Å². The van der Waals surface area contributed by atoms with E-state index in [1.165, 1.54) is 28.8 Å². The number of rotatable bonds is 15. The van der Waals surface area contributed by atoms with Crippen LogP contribution in [0.15, 0.2) is 108 Å². The molecule has 12 rings (SSSR count). The number of fused-ring (bicyclic) bond motifs is 3. The Morgan fingerprint density at radius 3 is 2.47 bits per heavy atom. The Bertz CT molecular complexity index is 3400. The summed E-state index contributed by atoms with van der Waals surface area (Å²) in [7, 11) is -2.93. The highest BCUT2D eigenvalue weighted by Crippen LogP contribution is 2.54. The molecule has 2 saturated carbocycles. The summed E-state index contributed by atoms with van der Waals surface area (Å²) in [5.74, 6) is 0.958. The number of aliphatic hydroxyl groups is 1. The average molecular weight is 1120 g/mol. The molecule has 0 unspecified atom stereocenters. The maximum Gasteiger partial charge on any atom is 0.293 e. The van der Waals surface area contributed by atoms with Crippen molar-refractivity contribution < 1.29 is 37.5 Å². The number of aromatic amines is 1. The van der Waals surface area contributed by atoms with Gasteiger partial charge < -0.3 is 39.4 Å². The summed E-state index contributed by atoms with van der Waals surface area (Å²) in [5.41, 5.74) is 6.20. The maximum absolute atomic E-state index is 14.8. The van der Waals surface area contributed by atoms with Gasteiger partial charge in [-0.25, -0.2) is 13.1 Å². The first kappa shape index (κ1) is 54.8. The molecule has 4 aromatic carbocycles. The Morgan fingerprint density at radius 2 is 1.72 bits per heavy atom. The Labute approximate surface area is 474 Å². The first-order valence-electron chi connectivity index (χ1n) is 29.0. The highest BCUT2D eigenvalue weighted by atomic mass is 32.2. The molecule has 2 aromatic heterocycles. The average Bonchev–Trinajstić information content (AvgIpc) is 4.13. The van der Waals surface area contributed by atoms with E-state index in [1.54, 1.807) is 13.2 Å². The van der Waals surface area contributed by atoms with Crippen LogP contribution in [0.3, 0.4) is 0 Å². The number of hydrogen-bond acceptors (Lipinski definition) is 15. The van der Waals surface area contributed by atoms with E-state index in [-0.39, 0.29) is 34.7 Å². The molecule has 19 heteroatoms. The third kappa shape index (κ3) is 11.2. The molecular weight excluding hydrogens is 1050 g/mol. The van der Waals surface area contributed by atoms with Crippen LogP contribution in [0.25, 0.3) is 11.0 Å². The molecule has 6 heterocycles. The number of H-pyrrole nitrogens is 1. The van der Waals surface area contributed by atoms with Crippen LogP contribution < -0.4 is 29.3 Å². The number of amides is 1. The Morgan fingerprint density at radius 1 is 0.938 bits per heavy atom. The van der Waals surface area contributed by atoms with Gasteiger partial charge in [-0.15, -0.1) is 0 Å². The minimum Gasteiger partial charge on any atom is -0.497 e. The molecule has 5 fully saturated rings. The van der Waals surface area contributed by atoms with Crippen LogP contribution in [0.1, 0.15) is 118 Å². The van der Waals surface area contributed by atoms with Crippen LogP contribution in [0.2, 0.25) is 0 Å². The number of carbonyl (C=O) groups is 1. The van der Waals surface area contributed by atoms with Crippen molar-refractivity contribution in [3.05, 3.63) is 136 Å². The highest BCUT2D eigenvalue weighted by Gasteiger charge is 2.50. The molecule has 4 N–H and O–H groups in total. The number of aromatic nitrogens is 2. The molecule has 2 aliphatic carbocycles. The maximum atomic E-state index is 14.8. The van der Waals surface area contributed by atoms with Crippen molar-refractivity contribution >= 4 is 55.4 Å². The molecule has 18 nitrogen and oxygen atoms in total. The lowest BCUT2D eigenvalue weighted by molar-refractivity contribution is -0.384. The minimum absolute atomic E-state index is 0.113. The molecule has 1 spiro atoms. The molecule has 1 amide bonds. The molecule has 81 heavy (non-hydrogen) atoms. The van der Waals surface area contributed by atoms with Gasteiger partial charge in [0.2, 0.25) is 5.88 Å². The summed E-state index contributed by atoms with van der Waals surface area (Å²) >= 11 is 0. The topological polar surface area (TPSA) is 208 Å². The lowest BCUT2D eigenvalue weighted by Crippen LogP contribution is -2.60. The molecule has 3 atom stereocenters. The normalized spacial score (nSPS) is 24.3. The molecule has 6 aliphatic rings. The van der Waals surface area contributed by atoms with Gasteiger partial charge >= 0.3 is 0 Å².